The summed E-state index contributed by atoms with van der Waals surface area (Å²) in [4.78, 5) is 15.4. The zero-order valence-corrected chi connectivity index (χ0v) is 13.1. The van der Waals surface area contributed by atoms with Crippen molar-refractivity contribution in [3.63, 3.8) is 0 Å². The highest BCUT2D eigenvalue weighted by Crippen LogP contribution is 2.37. The molecule has 21 heavy (non-hydrogen) atoms. The van der Waals surface area contributed by atoms with E-state index >= 15 is 0 Å². The number of benzene rings is 1. The van der Waals surface area contributed by atoms with Crippen molar-refractivity contribution in [1.29, 1.82) is 0 Å². The van der Waals surface area contributed by atoms with E-state index in [0.717, 1.165) is 39.0 Å². The molecule has 3 nitrogen and oxygen atoms in total. The third-order valence-corrected chi connectivity index (χ3v) is 5.62. The number of fused-ring (bicyclic) bond motifs is 1. The Labute approximate surface area is 127 Å². The average molecular weight is 286 g/mol. The molecule has 0 unspecified atom stereocenters. The topological polar surface area (TPSA) is 32.3 Å². The lowest BCUT2D eigenvalue weighted by Gasteiger charge is -2.35. The van der Waals surface area contributed by atoms with Crippen molar-refractivity contribution < 1.29 is 4.79 Å². The van der Waals surface area contributed by atoms with Crippen LogP contribution in [0.4, 0.5) is 0 Å². The second-order valence-electron chi connectivity index (χ2n) is 6.54. The Morgan fingerprint density at radius 1 is 1.14 bits per heavy atom. The zero-order chi connectivity index (χ0) is 14.9. The highest BCUT2D eigenvalue weighted by atomic mass is 16.2. The molecule has 2 aliphatic heterocycles. The Hall–Kier alpha value is -1.35. The van der Waals surface area contributed by atoms with Gasteiger partial charge in [0, 0.05) is 26.2 Å². The number of amides is 1. The summed E-state index contributed by atoms with van der Waals surface area (Å²) >= 11 is 0. The SMILES string of the molecule is CCC(CC)(C(=O)N1C[C@H]2CNC[C@H]2C1)c1ccccc1. The summed E-state index contributed by atoms with van der Waals surface area (Å²) in [5, 5.41) is 3.44. The molecule has 0 spiro atoms. The Morgan fingerprint density at radius 3 is 2.24 bits per heavy atom. The fourth-order valence-electron chi connectivity index (χ4n) is 4.17. The van der Waals surface area contributed by atoms with Gasteiger partial charge < -0.3 is 10.2 Å². The third kappa shape index (κ3) is 2.38. The van der Waals surface area contributed by atoms with Gasteiger partial charge in [-0.25, -0.2) is 0 Å². The second-order valence-corrected chi connectivity index (χ2v) is 6.54. The van der Waals surface area contributed by atoms with E-state index in [1.54, 1.807) is 0 Å². The fourth-order valence-corrected chi connectivity index (χ4v) is 4.17. The maximum absolute atomic E-state index is 13.3. The Bertz CT molecular complexity index is 483. The zero-order valence-electron chi connectivity index (χ0n) is 13.1. The molecule has 2 saturated heterocycles. The smallest absolute Gasteiger partial charge is 0.233 e. The van der Waals surface area contributed by atoms with Crippen LogP contribution in [0.15, 0.2) is 30.3 Å². The molecule has 2 aliphatic rings. The van der Waals surface area contributed by atoms with Gasteiger partial charge in [-0.15, -0.1) is 0 Å². The van der Waals surface area contributed by atoms with Gasteiger partial charge in [0.25, 0.3) is 0 Å². The van der Waals surface area contributed by atoms with Crippen molar-refractivity contribution in [2.45, 2.75) is 32.1 Å². The molecule has 0 bridgehead atoms. The van der Waals surface area contributed by atoms with E-state index in [2.05, 4.69) is 36.2 Å². The highest BCUT2D eigenvalue weighted by Gasteiger charge is 2.45. The van der Waals surface area contributed by atoms with Gasteiger partial charge in [0.05, 0.1) is 5.41 Å². The van der Waals surface area contributed by atoms with Crippen LogP contribution in [0.2, 0.25) is 0 Å². The third-order valence-electron chi connectivity index (χ3n) is 5.62. The van der Waals surface area contributed by atoms with Crippen LogP contribution in [0, 0.1) is 11.8 Å². The summed E-state index contributed by atoms with van der Waals surface area (Å²) < 4.78 is 0. The van der Waals surface area contributed by atoms with Gasteiger partial charge in [-0.1, -0.05) is 44.2 Å². The van der Waals surface area contributed by atoms with Crippen molar-refractivity contribution >= 4 is 5.91 Å². The lowest BCUT2D eigenvalue weighted by molar-refractivity contribution is -0.137. The minimum Gasteiger partial charge on any atom is -0.341 e. The van der Waals surface area contributed by atoms with Crippen LogP contribution in [-0.2, 0) is 10.2 Å². The van der Waals surface area contributed by atoms with E-state index in [1.807, 2.05) is 18.2 Å². The van der Waals surface area contributed by atoms with E-state index in [0.29, 0.717) is 17.7 Å². The molecule has 2 heterocycles. The van der Waals surface area contributed by atoms with Crippen LogP contribution in [0.1, 0.15) is 32.3 Å². The maximum atomic E-state index is 13.3. The lowest BCUT2D eigenvalue weighted by atomic mass is 9.74. The summed E-state index contributed by atoms with van der Waals surface area (Å²) in [6.07, 6.45) is 1.74. The molecular weight excluding hydrogens is 260 g/mol. The molecule has 2 fully saturated rings. The highest BCUT2D eigenvalue weighted by molar-refractivity contribution is 5.88. The number of likely N-dealkylation sites (tertiary alicyclic amines) is 1. The summed E-state index contributed by atoms with van der Waals surface area (Å²) in [6, 6.07) is 10.3. The second kappa shape index (κ2) is 5.80. The molecule has 3 rings (SSSR count). The predicted molar refractivity (Wildman–Crippen MR) is 85.1 cm³/mol. The van der Waals surface area contributed by atoms with Crippen LogP contribution >= 0.6 is 0 Å². The molecule has 2 atom stereocenters. The van der Waals surface area contributed by atoms with Crippen molar-refractivity contribution in [2.24, 2.45) is 11.8 Å². The van der Waals surface area contributed by atoms with Crippen molar-refractivity contribution in [2.75, 3.05) is 26.2 Å². The van der Waals surface area contributed by atoms with Crippen LogP contribution in [-0.4, -0.2) is 37.0 Å². The van der Waals surface area contributed by atoms with Gasteiger partial charge in [-0.2, -0.15) is 0 Å². The standard InChI is InChI=1S/C18H26N2O/c1-3-18(4-2,16-8-6-5-7-9-16)17(21)20-12-14-10-19-11-15(14)13-20/h5-9,14-15,19H,3-4,10-13H2,1-2H3/t14-,15+. The first-order chi connectivity index (χ1) is 10.2. The van der Waals surface area contributed by atoms with Crippen molar-refractivity contribution in [3.05, 3.63) is 35.9 Å². The van der Waals surface area contributed by atoms with E-state index < -0.39 is 0 Å². The van der Waals surface area contributed by atoms with Crippen molar-refractivity contribution in [3.8, 4) is 0 Å². The van der Waals surface area contributed by atoms with E-state index in [4.69, 9.17) is 0 Å². The molecule has 0 aromatic heterocycles. The predicted octanol–water partition coefficient (Wildman–Crippen LogP) is 2.42. The molecule has 0 aliphatic carbocycles. The van der Waals surface area contributed by atoms with Gasteiger partial charge in [0.15, 0.2) is 0 Å². The molecule has 1 aromatic rings. The fraction of sp³-hybridized carbons (Fsp3) is 0.611. The van der Waals surface area contributed by atoms with E-state index in [9.17, 15) is 4.79 Å². The number of carbonyl (C=O) groups is 1. The number of hydrogen-bond donors (Lipinski definition) is 1. The summed E-state index contributed by atoms with van der Waals surface area (Å²) in [5.74, 6) is 1.67. The first kappa shape index (κ1) is 14.6. The van der Waals surface area contributed by atoms with Crippen LogP contribution in [0.5, 0.6) is 0 Å². The number of nitrogens with one attached hydrogen (secondary N) is 1. The number of rotatable bonds is 4. The largest absolute Gasteiger partial charge is 0.341 e. The Balaban J connectivity index is 1.86. The van der Waals surface area contributed by atoms with E-state index in [1.165, 1.54) is 5.56 Å². The van der Waals surface area contributed by atoms with E-state index in [-0.39, 0.29) is 5.41 Å². The van der Waals surface area contributed by atoms with Gasteiger partial charge in [-0.05, 0) is 30.2 Å². The first-order valence-electron chi connectivity index (χ1n) is 8.27. The van der Waals surface area contributed by atoms with Crippen molar-refractivity contribution in [1.82, 2.24) is 10.2 Å². The molecule has 1 N–H and O–H groups in total. The molecule has 0 saturated carbocycles. The number of nitrogens with zero attached hydrogens (tertiary/aromatic N) is 1. The molecular formula is C18H26N2O. The first-order valence-corrected chi connectivity index (χ1v) is 8.27. The van der Waals surface area contributed by atoms with Crippen LogP contribution < -0.4 is 5.32 Å². The lowest BCUT2D eigenvalue weighted by Crippen LogP contribution is -2.46. The maximum Gasteiger partial charge on any atom is 0.233 e. The Morgan fingerprint density at radius 2 is 1.71 bits per heavy atom. The summed E-state index contributed by atoms with van der Waals surface area (Å²) in [6.45, 7) is 8.31. The van der Waals surface area contributed by atoms with Crippen LogP contribution in [0.25, 0.3) is 0 Å². The van der Waals surface area contributed by atoms with Gasteiger partial charge in [-0.3, -0.25) is 4.79 Å². The van der Waals surface area contributed by atoms with Gasteiger partial charge in [0.2, 0.25) is 5.91 Å². The average Bonchev–Trinajstić information content (AvgIpc) is 3.11. The van der Waals surface area contributed by atoms with Gasteiger partial charge in [0.1, 0.15) is 0 Å². The monoisotopic (exact) mass is 286 g/mol. The molecule has 0 radical (unpaired) electrons. The molecule has 114 valence electrons. The summed E-state index contributed by atoms with van der Waals surface area (Å²) in [5.41, 5.74) is 0.836. The number of carbonyl (C=O) groups excluding carboxylic acids is 1. The van der Waals surface area contributed by atoms with Gasteiger partial charge >= 0.3 is 0 Å². The molecule has 1 aromatic carbocycles. The normalized spacial score (nSPS) is 25.1. The Kier molecular flexibility index (Phi) is 4.03. The van der Waals surface area contributed by atoms with Crippen LogP contribution in [0.3, 0.4) is 0 Å². The quantitative estimate of drug-likeness (QED) is 0.922. The minimum atomic E-state index is -0.340. The minimum absolute atomic E-state index is 0.340. The molecule has 3 heteroatoms. The molecule has 1 amide bonds. The number of hydrogen-bond acceptors (Lipinski definition) is 2. The summed E-state index contributed by atoms with van der Waals surface area (Å²) in [7, 11) is 0.